The minimum absolute atomic E-state index is 0.695. The van der Waals surface area contributed by atoms with E-state index in [0.717, 1.165) is 18.2 Å². The van der Waals surface area contributed by atoms with E-state index in [1.807, 2.05) is 35.6 Å². The predicted octanol–water partition coefficient (Wildman–Crippen LogP) is 2.15. The molecule has 0 saturated carbocycles. The Morgan fingerprint density at radius 3 is 2.44 bits per heavy atom. The number of hydrogen-bond acceptors (Lipinski definition) is 3. The van der Waals surface area contributed by atoms with E-state index < -0.39 is 0 Å². The van der Waals surface area contributed by atoms with Crippen molar-refractivity contribution in [3.05, 3.63) is 70.8 Å². The normalized spacial score (nSPS) is 11.6. The van der Waals surface area contributed by atoms with Gasteiger partial charge >= 0.3 is 0 Å². The van der Waals surface area contributed by atoms with Gasteiger partial charge in [-0.3, -0.25) is 14.4 Å². The summed E-state index contributed by atoms with van der Waals surface area (Å²) >= 11 is 0. The van der Waals surface area contributed by atoms with Gasteiger partial charge in [-0.25, -0.2) is 0 Å². The highest BCUT2D eigenvalue weighted by Gasteiger charge is 2.10. The first kappa shape index (κ1) is 18.7. The Bertz CT molecular complexity index is 907. The minimum atomic E-state index is 0.695. The second-order valence-corrected chi connectivity index (χ2v) is 6.52. The van der Waals surface area contributed by atoms with Crippen LogP contribution in [0.5, 0.6) is 0 Å². The Balaban J connectivity index is 1.61. The van der Waals surface area contributed by atoms with E-state index in [1.165, 1.54) is 22.4 Å². The van der Waals surface area contributed by atoms with Crippen LogP contribution in [-0.4, -0.2) is 32.6 Å². The number of rotatable bonds is 6. The summed E-state index contributed by atoms with van der Waals surface area (Å²) in [7, 11) is 3.75. The fourth-order valence-corrected chi connectivity index (χ4v) is 3.10. The number of aliphatic imine (C=N–C) groups is 1. The maximum Gasteiger partial charge on any atom is 0.191 e. The van der Waals surface area contributed by atoms with Crippen molar-refractivity contribution in [3.63, 3.8) is 0 Å². The largest absolute Gasteiger partial charge is 0.352 e. The molecule has 0 saturated heterocycles. The van der Waals surface area contributed by atoms with E-state index >= 15 is 0 Å². The van der Waals surface area contributed by atoms with Gasteiger partial charge in [0, 0.05) is 50.8 Å². The molecule has 3 rings (SSSR count). The summed E-state index contributed by atoms with van der Waals surface area (Å²) in [5, 5.41) is 15.5. The first-order valence-corrected chi connectivity index (χ1v) is 9.06. The van der Waals surface area contributed by atoms with Gasteiger partial charge in [0.2, 0.25) is 0 Å². The second kappa shape index (κ2) is 8.53. The summed E-state index contributed by atoms with van der Waals surface area (Å²) in [6.07, 6.45) is 3.78. The van der Waals surface area contributed by atoms with Crippen molar-refractivity contribution >= 4 is 5.96 Å². The van der Waals surface area contributed by atoms with E-state index in [2.05, 4.69) is 57.0 Å². The molecule has 7 heteroatoms. The molecule has 0 aliphatic heterocycles. The summed E-state index contributed by atoms with van der Waals surface area (Å²) in [4.78, 5) is 4.34. The third-order valence-corrected chi connectivity index (χ3v) is 4.77. The van der Waals surface area contributed by atoms with E-state index in [0.29, 0.717) is 13.1 Å². The highest BCUT2D eigenvalue weighted by atomic mass is 15.3. The number of nitrogens with zero attached hydrogens (tertiary/aromatic N) is 5. The smallest absolute Gasteiger partial charge is 0.191 e. The predicted molar refractivity (Wildman–Crippen MR) is 107 cm³/mol. The summed E-state index contributed by atoms with van der Waals surface area (Å²) in [5.41, 5.74) is 5.88. The van der Waals surface area contributed by atoms with E-state index in [-0.39, 0.29) is 0 Å². The van der Waals surface area contributed by atoms with Crippen molar-refractivity contribution in [2.45, 2.75) is 33.5 Å². The number of guanidine groups is 1. The number of nitrogens with one attached hydrogen (secondary N) is 2. The molecule has 0 bridgehead atoms. The molecule has 0 amide bonds. The van der Waals surface area contributed by atoms with Crippen molar-refractivity contribution in [3.8, 4) is 0 Å². The summed E-state index contributed by atoms with van der Waals surface area (Å²) < 4.78 is 3.84. The highest BCUT2D eigenvalue weighted by Crippen LogP contribution is 2.12. The third kappa shape index (κ3) is 4.55. The number of aromatic nitrogens is 4. The van der Waals surface area contributed by atoms with Gasteiger partial charge in [-0.1, -0.05) is 24.3 Å². The van der Waals surface area contributed by atoms with Crippen LogP contribution in [0.3, 0.4) is 0 Å². The zero-order chi connectivity index (χ0) is 19.2. The molecule has 0 unspecified atom stereocenters. The van der Waals surface area contributed by atoms with E-state index in [4.69, 9.17) is 0 Å². The molecule has 0 fully saturated rings. The first-order chi connectivity index (χ1) is 13.1. The maximum atomic E-state index is 4.46. The third-order valence-electron chi connectivity index (χ3n) is 4.77. The fourth-order valence-electron chi connectivity index (χ4n) is 3.10. The molecule has 2 aromatic heterocycles. The van der Waals surface area contributed by atoms with Gasteiger partial charge in [-0.05, 0) is 31.0 Å². The van der Waals surface area contributed by atoms with Gasteiger partial charge in [0.1, 0.15) is 0 Å². The van der Waals surface area contributed by atoms with Gasteiger partial charge in [0.05, 0.1) is 12.2 Å². The topological polar surface area (TPSA) is 72.1 Å². The van der Waals surface area contributed by atoms with Crippen LogP contribution in [0.1, 0.15) is 28.1 Å². The van der Waals surface area contributed by atoms with Crippen molar-refractivity contribution in [1.82, 2.24) is 30.2 Å². The van der Waals surface area contributed by atoms with Crippen molar-refractivity contribution in [2.24, 2.45) is 12.0 Å². The Morgan fingerprint density at radius 1 is 1.07 bits per heavy atom. The van der Waals surface area contributed by atoms with Crippen LogP contribution in [0.4, 0.5) is 0 Å². The molecule has 0 aliphatic rings. The van der Waals surface area contributed by atoms with Gasteiger partial charge in [-0.2, -0.15) is 10.2 Å². The molecule has 1 aromatic carbocycles. The second-order valence-electron chi connectivity index (χ2n) is 6.52. The average molecular weight is 365 g/mol. The van der Waals surface area contributed by atoms with Crippen molar-refractivity contribution in [1.29, 1.82) is 0 Å². The van der Waals surface area contributed by atoms with Gasteiger partial charge in [-0.15, -0.1) is 0 Å². The monoisotopic (exact) mass is 365 g/mol. The average Bonchev–Trinajstić information content (AvgIpc) is 3.26. The van der Waals surface area contributed by atoms with Crippen LogP contribution < -0.4 is 10.6 Å². The fraction of sp³-hybridized carbons (Fsp3) is 0.350. The van der Waals surface area contributed by atoms with E-state index in [1.54, 1.807) is 13.2 Å². The molecule has 0 atom stereocenters. The van der Waals surface area contributed by atoms with Crippen molar-refractivity contribution < 1.29 is 0 Å². The molecular weight excluding hydrogens is 338 g/mol. The lowest BCUT2D eigenvalue weighted by Crippen LogP contribution is -2.36. The lowest BCUT2D eigenvalue weighted by Gasteiger charge is -2.14. The molecular formula is C20H27N7. The molecule has 0 spiro atoms. The molecule has 2 N–H and O–H groups in total. The number of benzene rings is 1. The van der Waals surface area contributed by atoms with Crippen LogP contribution in [0, 0.1) is 13.8 Å². The highest BCUT2D eigenvalue weighted by molar-refractivity contribution is 5.79. The standard InChI is InChI=1S/C20H27N7/c1-15-19(16(2)26(4)25-15)13-23-20(21-3)22-12-17-8-5-6-9-18(17)14-27-11-7-10-24-27/h5-11H,12-14H2,1-4H3,(H2,21,22,23). The van der Waals surface area contributed by atoms with Gasteiger partial charge < -0.3 is 10.6 Å². The van der Waals surface area contributed by atoms with Gasteiger partial charge in [0.15, 0.2) is 5.96 Å². The minimum Gasteiger partial charge on any atom is -0.352 e. The van der Waals surface area contributed by atoms with Crippen LogP contribution >= 0.6 is 0 Å². The Labute approximate surface area is 160 Å². The van der Waals surface area contributed by atoms with E-state index in [9.17, 15) is 0 Å². The lowest BCUT2D eigenvalue weighted by molar-refractivity contribution is 0.677. The van der Waals surface area contributed by atoms with Crippen LogP contribution in [0.2, 0.25) is 0 Å². The Kier molecular flexibility index (Phi) is 5.90. The molecule has 2 heterocycles. The maximum absolute atomic E-state index is 4.46. The molecule has 27 heavy (non-hydrogen) atoms. The first-order valence-electron chi connectivity index (χ1n) is 9.06. The van der Waals surface area contributed by atoms with Crippen molar-refractivity contribution in [2.75, 3.05) is 7.05 Å². The molecule has 7 nitrogen and oxygen atoms in total. The SMILES string of the molecule is CN=C(NCc1ccccc1Cn1cccn1)NCc1c(C)nn(C)c1C. The zero-order valence-corrected chi connectivity index (χ0v) is 16.4. The Morgan fingerprint density at radius 2 is 1.81 bits per heavy atom. The molecule has 0 radical (unpaired) electrons. The van der Waals surface area contributed by atoms with Crippen LogP contribution in [0.15, 0.2) is 47.7 Å². The van der Waals surface area contributed by atoms with Crippen LogP contribution in [-0.2, 0) is 26.7 Å². The molecule has 142 valence electrons. The summed E-state index contributed by atoms with van der Waals surface area (Å²) in [5.74, 6) is 0.770. The molecule has 3 aromatic rings. The zero-order valence-electron chi connectivity index (χ0n) is 16.4. The number of aryl methyl sites for hydroxylation is 2. The number of hydrogen-bond donors (Lipinski definition) is 2. The molecule has 0 aliphatic carbocycles. The van der Waals surface area contributed by atoms with Gasteiger partial charge in [0.25, 0.3) is 0 Å². The van der Waals surface area contributed by atoms with Crippen LogP contribution in [0.25, 0.3) is 0 Å². The summed E-state index contributed by atoms with van der Waals surface area (Å²) in [6, 6.07) is 10.3. The lowest BCUT2D eigenvalue weighted by atomic mass is 10.1. The quantitative estimate of drug-likeness (QED) is 0.519. The summed E-state index contributed by atoms with van der Waals surface area (Å²) in [6.45, 7) is 6.26. The Hall–Kier alpha value is -3.09.